The van der Waals surface area contributed by atoms with Crippen molar-refractivity contribution in [3.05, 3.63) is 22.9 Å². The third kappa shape index (κ3) is 3.17. The van der Waals surface area contributed by atoms with Crippen LogP contribution in [0, 0.1) is 5.41 Å². The first-order valence-electron chi connectivity index (χ1n) is 9.37. The van der Waals surface area contributed by atoms with Crippen LogP contribution in [0.25, 0.3) is 0 Å². The van der Waals surface area contributed by atoms with Crippen molar-refractivity contribution in [3.8, 4) is 0 Å². The number of fused-ring (bicyclic) bond motifs is 1. The summed E-state index contributed by atoms with van der Waals surface area (Å²) in [6.45, 7) is 4.89. The second kappa shape index (κ2) is 6.15. The number of alkyl halides is 2. The molecule has 4 rings (SSSR count). The normalized spacial score (nSPS) is 25.8. The van der Waals surface area contributed by atoms with E-state index in [-0.39, 0.29) is 17.7 Å². The molecule has 7 heteroatoms. The second-order valence-corrected chi connectivity index (χ2v) is 8.08. The van der Waals surface area contributed by atoms with Crippen molar-refractivity contribution in [3.63, 3.8) is 0 Å². The number of pyridine rings is 1. The molecule has 0 spiro atoms. The number of hydrogen-bond donors (Lipinski definition) is 1. The Morgan fingerprint density at radius 2 is 2.19 bits per heavy atom. The first kappa shape index (κ1) is 17.6. The minimum Gasteiger partial charge on any atom is -0.371 e. The first-order valence-corrected chi connectivity index (χ1v) is 9.37. The van der Waals surface area contributed by atoms with Gasteiger partial charge in [0.05, 0.1) is 31.0 Å². The van der Waals surface area contributed by atoms with E-state index in [9.17, 15) is 13.6 Å². The number of amides is 1. The van der Waals surface area contributed by atoms with Gasteiger partial charge in [0.1, 0.15) is 11.9 Å². The van der Waals surface area contributed by atoms with Gasteiger partial charge in [0.15, 0.2) is 0 Å². The number of carbonyl (C=O) groups excluding carboxylic acids is 1. The highest BCUT2D eigenvalue weighted by Gasteiger charge is 2.48. The number of nitrogens with zero attached hydrogens (tertiary/aromatic N) is 2. The van der Waals surface area contributed by atoms with Crippen molar-refractivity contribution in [2.24, 2.45) is 5.41 Å². The van der Waals surface area contributed by atoms with Crippen LogP contribution in [0.2, 0.25) is 0 Å². The highest BCUT2D eigenvalue weighted by molar-refractivity contribution is 5.98. The lowest BCUT2D eigenvalue weighted by Gasteiger charge is -2.39. The lowest BCUT2D eigenvalue weighted by atomic mass is 10.0. The topological polar surface area (TPSA) is 54.5 Å². The Labute approximate surface area is 152 Å². The van der Waals surface area contributed by atoms with Crippen molar-refractivity contribution in [2.75, 3.05) is 24.6 Å². The number of rotatable bonds is 5. The van der Waals surface area contributed by atoms with E-state index in [0.717, 1.165) is 18.4 Å². The van der Waals surface area contributed by atoms with Gasteiger partial charge in [-0.3, -0.25) is 4.79 Å². The molecule has 0 bridgehead atoms. The molecule has 0 radical (unpaired) electrons. The number of aryl methyl sites for hydroxylation is 1. The zero-order valence-electron chi connectivity index (χ0n) is 15.3. The van der Waals surface area contributed by atoms with Crippen LogP contribution in [0.1, 0.15) is 54.7 Å². The van der Waals surface area contributed by atoms with Gasteiger partial charge < -0.3 is 15.0 Å². The lowest BCUT2D eigenvalue weighted by Crippen LogP contribution is -2.53. The van der Waals surface area contributed by atoms with Gasteiger partial charge in [0.2, 0.25) is 0 Å². The number of carbonyl (C=O) groups is 1. The van der Waals surface area contributed by atoms with Gasteiger partial charge in [0, 0.05) is 6.54 Å². The Morgan fingerprint density at radius 1 is 1.42 bits per heavy atom. The molecular weight excluding hydrogens is 340 g/mol. The van der Waals surface area contributed by atoms with E-state index in [4.69, 9.17) is 4.74 Å². The predicted octanol–water partition coefficient (Wildman–Crippen LogP) is 2.92. The summed E-state index contributed by atoms with van der Waals surface area (Å²) in [5, 5.41) is 2.74. The van der Waals surface area contributed by atoms with Gasteiger partial charge in [0.25, 0.3) is 11.8 Å². The largest absolute Gasteiger partial charge is 0.371 e. The number of hydrogen-bond acceptors (Lipinski definition) is 4. The molecule has 142 valence electrons. The molecular formula is C19H25F2N3O2. The summed E-state index contributed by atoms with van der Waals surface area (Å²) in [7, 11) is 0. The van der Waals surface area contributed by atoms with Crippen molar-refractivity contribution in [1.29, 1.82) is 0 Å². The summed E-state index contributed by atoms with van der Waals surface area (Å²) in [4.78, 5) is 18.0. The van der Waals surface area contributed by atoms with Gasteiger partial charge in [-0.2, -0.15) is 0 Å². The Hall–Kier alpha value is -1.76. The molecule has 1 N–H and O–H groups in total. The summed E-state index contributed by atoms with van der Waals surface area (Å²) in [6, 6.07) is 1.80. The molecule has 1 aromatic heterocycles. The fraction of sp³-hybridized carbons (Fsp3) is 0.684. The summed E-state index contributed by atoms with van der Waals surface area (Å²) < 4.78 is 35.0. The highest BCUT2D eigenvalue weighted by Crippen LogP contribution is 2.46. The van der Waals surface area contributed by atoms with Crippen molar-refractivity contribution < 1.29 is 18.3 Å². The van der Waals surface area contributed by atoms with E-state index in [0.29, 0.717) is 43.2 Å². The first-order chi connectivity index (χ1) is 12.3. The Bertz CT molecular complexity index is 734. The van der Waals surface area contributed by atoms with Gasteiger partial charge in [-0.05, 0) is 42.7 Å². The second-order valence-electron chi connectivity index (χ2n) is 8.08. The summed E-state index contributed by atoms with van der Waals surface area (Å²) in [6.07, 6.45) is 2.01. The molecule has 1 aromatic rings. The van der Waals surface area contributed by atoms with E-state index >= 15 is 0 Å². The van der Waals surface area contributed by atoms with Crippen molar-refractivity contribution >= 4 is 11.7 Å². The van der Waals surface area contributed by atoms with Gasteiger partial charge in [-0.25, -0.2) is 13.8 Å². The van der Waals surface area contributed by atoms with Gasteiger partial charge in [-0.15, -0.1) is 0 Å². The van der Waals surface area contributed by atoms with Crippen LogP contribution in [0.4, 0.5) is 14.6 Å². The number of nitrogens with one attached hydrogen (secondary N) is 1. The number of anilines is 1. The van der Waals surface area contributed by atoms with Crippen LogP contribution in [0.5, 0.6) is 0 Å². The Kier molecular flexibility index (Phi) is 4.17. The van der Waals surface area contributed by atoms with E-state index in [1.165, 1.54) is 0 Å². The molecule has 1 amide bonds. The molecule has 0 aromatic carbocycles. The van der Waals surface area contributed by atoms with Crippen LogP contribution < -0.4 is 10.2 Å². The summed E-state index contributed by atoms with van der Waals surface area (Å²) in [5.74, 6) is -2.47. The van der Waals surface area contributed by atoms with Crippen LogP contribution in [-0.2, 0) is 17.7 Å². The Morgan fingerprint density at radius 3 is 2.85 bits per heavy atom. The minimum atomic E-state index is -2.91. The molecule has 2 fully saturated rings. The molecule has 1 atom stereocenters. The smallest absolute Gasteiger partial charge is 0.290 e. The van der Waals surface area contributed by atoms with Gasteiger partial charge in [-0.1, -0.05) is 13.8 Å². The average molecular weight is 365 g/mol. The third-order valence-electron chi connectivity index (χ3n) is 5.77. The highest BCUT2D eigenvalue weighted by atomic mass is 19.3. The zero-order chi connectivity index (χ0) is 18.5. The van der Waals surface area contributed by atoms with E-state index in [1.807, 2.05) is 6.92 Å². The minimum absolute atomic E-state index is 0.101. The molecule has 2 aliphatic heterocycles. The molecule has 1 aliphatic carbocycles. The molecule has 1 saturated carbocycles. The standard InChI is InChI=1S/C19H25F2N3O2/c1-3-12-8-13-14(9-22-17(13)25)23-16(12)24-7-4-15(19(20,21)10-24)26-11-18(2)5-6-18/h8,15H,3-7,9-11H2,1-2H3,(H,22,25). The molecule has 26 heavy (non-hydrogen) atoms. The van der Waals surface area contributed by atoms with Crippen molar-refractivity contribution in [2.45, 2.75) is 58.1 Å². The zero-order valence-corrected chi connectivity index (χ0v) is 15.3. The van der Waals surface area contributed by atoms with Gasteiger partial charge >= 0.3 is 0 Å². The maximum atomic E-state index is 14.7. The predicted molar refractivity (Wildman–Crippen MR) is 93.6 cm³/mol. The monoisotopic (exact) mass is 365 g/mol. The van der Waals surface area contributed by atoms with Crippen LogP contribution >= 0.6 is 0 Å². The summed E-state index contributed by atoms with van der Waals surface area (Å²) >= 11 is 0. The summed E-state index contributed by atoms with van der Waals surface area (Å²) in [5.41, 5.74) is 2.14. The average Bonchev–Trinajstić information content (AvgIpc) is 3.23. The molecule has 1 unspecified atom stereocenters. The van der Waals surface area contributed by atoms with Crippen molar-refractivity contribution in [1.82, 2.24) is 10.3 Å². The molecule has 5 nitrogen and oxygen atoms in total. The van der Waals surface area contributed by atoms with E-state index in [1.54, 1.807) is 11.0 Å². The van der Waals surface area contributed by atoms with Crippen LogP contribution in [0.3, 0.4) is 0 Å². The molecule has 1 saturated heterocycles. The molecule has 3 heterocycles. The van der Waals surface area contributed by atoms with E-state index < -0.39 is 18.6 Å². The number of ether oxygens (including phenoxy) is 1. The fourth-order valence-electron chi connectivity index (χ4n) is 3.67. The Balaban J connectivity index is 1.52. The number of piperidine rings is 1. The van der Waals surface area contributed by atoms with Crippen LogP contribution in [0.15, 0.2) is 6.07 Å². The fourth-order valence-corrected chi connectivity index (χ4v) is 3.67. The maximum Gasteiger partial charge on any atom is 0.290 e. The lowest BCUT2D eigenvalue weighted by molar-refractivity contribution is -0.149. The maximum absolute atomic E-state index is 14.7. The third-order valence-corrected chi connectivity index (χ3v) is 5.77. The number of halogens is 2. The van der Waals surface area contributed by atoms with Crippen LogP contribution in [-0.4, -0.2) is 42.6 Å². The number of aromatic nitrogens is 1. The molecule has 3 aliphatic rings. The quantitative estimate of drug-likeness (QED) is 0.872. The SMILES string of the molecule is CCc1cc2c(nc1N1CCC(OCC3(C)CC3)C(F)(F)C1)CNC2=O. The van der Waals surface area contributed by atoms with E-state index in [2.05, 4.69) is 17.2 Å².